The molecule has 3 heteroatoms. The van der Waals surface area contributed by atoms with Gasteiger partial charge >= 0.3 is 0 Å². The SMILES string of the molecule is CC(=O)O.CCCCCCCCCC(O)CCC. The molecule has 0 aliphatic carbocycles. The molecule has 0 aromatic heterocycles. The lowest BCUT2D eigenvalue weighted by Crippen LogP contribution is -2.04. The fourth-order valence-corrected chi connectivity index (χ4v) is 1.81. The summed E-state index contributed by atoms with van der Waals surface area (Å²) in [4.78, 5) is 9.00. The fraction of sp³-hybridized carbons (Fsp3) is 0.933. The number of carbonyl (C=O) groups is 1. The predicted molar refractivity (Wildman–Crippen MR) is 76.8 cm³/mol. The van der Waals surface area contributed by atoms with E-state index in [2.05, 4.69) is 13.8 Å². The van der Waals surface area contributed by atoms with Crippen LogP contribution in [0.5, 0.6) is 0 Å². The lowest BCUT2D eigenvalue weighted by atomic mass is 10.0. The molecular formula is C15H32O3. The normalized spacial score (nSPS) is 11.6. The minimum absolute atomic E-state index is 0.0318. The molecule has 0 saturated carbocycles. The van der Waals surface area contributed by atoms with E-state index in [0.29, 0.717) is 0 Å². The highest BCUT2D eigenvalue weighted by atomic mass is 16.4. The smallest absolute Gasteiger partial charge is 0.300 e. The van der Waals surface area contributed by atoms with Crippen molar-refractivity contribution in [3.8, 4) is 0 Å². The highest BCUT2D eigenvalue weighted by Gasteiger charge is 2.01. The van der Waals surface area contributed by atoms with Crippen molar-refractivity contribution in [1.29, 1.82) is 0 Å². The number of carboxylic acid groups (broad SMARTS) is 1. The van der Waals surface area contributed by atoms with Gasteiger partial charge in [-0.15, -0.1) is 0 Å². The van der Waals surface area contributed by atoms with Gasteiger partial charge in [0.2, 0.25) is 0 Å². The summed E-state index contributed by atoms with van der Waals surface area (Å²) in [6, 6.07) is 0. The van der Waals surface area contributed by atoms with Gasteiger partial charge in [0.25, 0.3) is 5.97 Å². The van der Waals surface area contributed by atoms with Crippen molar-refractivity contribution in [1.82, 2.24) is 0 Å². The van der Waals surface area contributed by atoms with Crippen molar-refractivity contribution in [2.75, 3.05) is 0 Å². The van der Waals surface area contributed by atoms with Crippen LogP contribution in [0.1, 0.15) is 85.0 Å². The van der Waals surface area contributed by atoms with Crippen LogP contribution < -0.4 is 0 Å². The summed E-state index contributed by atoms with van der Waals surface area (Å²) < 4.78 is 0. The van der Waals surface area contributed by atoms with Gasteiger partial charge in [-0.2, -0.15) is 0 Å². The molecule has 2 N–H and O–H groups in total. The maximum Gasteiger partial charge on any atom is 0.300 e. The summed E-state index contributed by atoms with van der Waals surface area (Å²) in [6.07, 6.45) is 12.5. The van der Waals surface area contributed by atoms with E-state index >= 15 is 0 Å². The van der Waals surface area contributed by atoms with E-state index in [4.69, 9.17) is 9.90 Å². The maximum atomic E-state index is 9.49. The van der Waals surface area contributed by atoms with Crippen molar-refractivity contribution in [2.24, 2.45) is 0 Å². The zero-order valence-electron chi connectivity index (χ0n) is 12.5. The van der Waals surface area contributed by atoms with Crippen molar-refractivity contribution in [3.63, 3.8) is 0 Å². The molecule has 0 rings (SSSR count). The van der Waals surface area contributed by atoms with Crippen LogP contribution in [-0.4, -0.2) is 22.3 Å². The molecule has 0 fully saturated rings. The number of carboxylic acids is 1. The van der Waals surface area contributed by atoms with Crippen LogP contribution in [0.4, 0.5) is 0 Å². The average molecular weight is 260 g/mol. The van der Waals surface area contributed by atoms with E-state index in [0.717, 1.165) is 26.2 Å². The van der Waals surface area contributed by atoms with Gasteiger partial charge in [-0.05, 0) is 12.8 Å². The fourth-order valence-electron chi connectivity index (χ4n) is 1.81. The zero-order valence-corrected chi connectivity index (χ0v) is 12.5. The Kier molecular flexibility index (Phi) is 18.0. The Labute approximate surface area is 113 Å². The molecule has 0 aliphatic rings. The molecule has 1 atom stereocenters. The summed E-state index contributed by atoms with van der Waals surface area (Å²) in [7, 11) is 0. The Morgan fingerprint density at radius 1 is 0.889 bits per heavy atom. The molecular weight excluding hydrogens is 228 g/mol. The number of aliphatic hydroxyl groups excluding tert-OH is 1. The molecule has 0 heterocycles. The average Bonchev–Trinajstić information content (AvgIpc) is 2.27. The molecule has 0 radical (unpaired) electrons. The van der Waals surface area contributed by atoms with Gasteiger partial charge in [0.1, 0.15) is 0 Å². The monoisotopic (exact) mass is 260 g/mol. The summed E-state index contributed by atoms with van der Waals surface area (Å²) in [6.45, 7) is 5.47. The Morgan fingerprint density at radius 3 is 1.78 bits per heavy atom. The standard InChI is InChI=1S/C13H28O.C2H4O2/c1-3-5-6-7-8-9-10-12-13(14)11-4-2;1-2(3)4/h13-14H,3-12H2,1-2H3;1H3,(H,3,4). The Hall–Kier alpha value is -0.570. The number of hydrogen-bond donors (Lipinski definition) is 2. The first-order chi connectivity index (χ1) is 8.54. The van der Waals surface area contributed by atoms with Gasteiger partial charge in [-0.25, -0.2) is 0 Å². The molecule has 0 aliphatic heterocycles. The second-order valence-electron chi connectivity index (χ2n) is 4.87. The molecule has 110 valence electrons. The lowest BCUT2D eigenvalue weighted by molar-refractivity contribution is -0.134. The predicted octanol–water partition coefficient (Wildman–Crippen LogP) is 4.38. The number of unbranched alkanes of at least 4 members (excludes halogenated alkanes) is 6. The summed E-state index contributed by atoms with van der Waals surface area (Å²) in [5.41, 5.74) is 0. The van der Waals surface area contributed by atoms with Gasteiger partial charge in [-0.1, -0.05) is 65.2 Å². The third-order valence-corrected chi connectivity index (χ3v) is 2.76. The Bertz CT molecular complexity index is 165. The lowest BCUT2D eigenvalue weighted by Gasteiger charge is -2.08. The van der Waals surface area contributed by atoms with Crippen molar-refractivity contribution in [2.45, 2.75) is 91.1 Å². The Morgan fingerprint density at radius 2 is 1.33 bits per heavy atom. The first kappa shape index (κ1) is 19.8. The second kappa shape index (κ2) is 16.4. The summed E-state index contributed by atoms with van der Waals surface area (Å²) in [5, 5.41) is 16.9. The van der Waals surface area contributed by atoms with Crippen LogP contribution in [0.25, 0.3) is 0 Å². The van der Waals surface area contributed by atoms with E-state index in [9.17, 15) is 5.11 Å². The van der Waals surface area contributed by atoms with Crippen LogP contribution in [0.3, 0.4) is 0 Å². The topological polar surface area (TPSA) is 57.5 Å². The molecule has 1 unspecified atom stereocenters. The van der Waals surface area contributed by atoms with Gasteiger partial charge < -0.3 is 10.2 Å². The minimum atomic E-state index is -0.833. The van der Waals surface area contributed by atoms with Gasteiger partial charge in [0.15, 0.2) is 0 Å². The zero-order chi connectivity index (χ0) is 14.2. The number of hydrogen-bond acceptors (Lipinski definition) is 2. The van der Waals surface area contributed by atoms with Crippen molar-refractivity contribution < 1.29 is 15.0 Å². The maximum absolute atomic E-state index is 9.49. The van der Waals surface area contributed by atoms with Crippen molar-refractivity contribution in [3.05, 3.63) is 0 Å². The Balaban J connectivity index is 0. The van der Waals surface area contributed by atoms with Crippen LogP contribution in [-0.2, 0) is 4.79 Å². The van der Waals surface area contributed by atoms with Gasteiger partial charge in [0, 0.05) is 6.92 Å². The molecule has 3 nitrogen and oxygen atoms in total. The van der Waals surface area contributed by atoms with Gasteiger partial charge in [-0.3, -0.25) is 4.79 Å². The molecule has 0 aromatic carbocycles. The number of aliphatic carboxylic acids is 1. The molecule has 18 heavy (non-hydrogen) atoms. The van der Waals surface area contributed by atoms with Gasteiger partial charge in [0.05, 0.1) is 6.10 Å². The van der Waals surface area contributed by atoms with E-state index in [1.54, 1.807) is 0 Å². The minimum Gasteiger partial charge on any atom is -0.481 e. The van der Waals surface area contributed by atoms with Crippen LogP contribution in [0.15, 0.2) is 0 Å². The number of aliphatic hydroxyl groups is 1. The highest BCUT2D eigenvalue weighted by Crippen LogP contribution is 2.11. The summed E-state index contributed by atoms with van der Waals surface area (Å²) in [5.74, 6) is -0.833. The third-order valence-electron chi connectivity index (χ3n) is 2.76. The largest absolute Gasteiger partial charge is 0.481 e. The van der Waals surface area contributed by atoms with Crippen LogP contribution in [0.2, 0.25) is 0 Å². The van der Waals surface area contributed by atoms with Crippen LogP contribution in [0, 0.1) is 0 Å². The molecule has 0 aromatic rings. The molecule has 0 spiro atoms. The first-order valence-corrected chi connectivity index (χ1v) is 7.42. The van der Waals surface area contributed by atoms with E-state index < -0.39 is 5.97 Å². The quantitative estimate of drug-likeness (QED) is 0.573. The summed E-state index contributed by atoms with van der Waals surface area (Å²) >= 11 is 0. The van der Waals surface area contributed by atoms with Crippen LogP contribution >= 0.6 is 0 Å². The number of rotatable bonds is 10. The van der Waals surface area contributed by atoms with E-state index in [1.807, 2.05) is 0 Å². The van der Waals surface area contributed by atoms with Crippen molar-refractivity contribution >= 4 is 5.97 Å². The second-order valence-corrected chi connectivity index (χ2v) is 4.87. The molecule has 0 bridgehead atoms. The third kappa shape index (κ3) is 24.6. The molecule has 0 amide bonds. The van der Waals surface area contributed by atoms with E-state index in [-0.39, 0.29) is 6.10 Å². The van der Waals surface area contributed by atoms with E-state index in [1.165, 1.54) is 44.9 Å². The highest BCUT2D eigenvalue weighted by molar-refractivity contribution is 5.62. The first-order valence-electron chi connectivity index (χ1n) is 7.42. The molecule has 0 saturated heterocycles.